The van der Waals surface area contributed by atoms with Gasteiger partial charge in [-0.25, -0.2) is 4.39 Å². The van der Waals surface area contributed by atoms with Gasteiger partial charge in [0.25, 0.3) is 0 Å². The zero-order chi connectivity index (χ0) is 11.4. The van der Waals surface area contributed by atoms with Crippen molar-refractivity contribution in [2.24, 2.45) is 0 Å². The summed E-state index contributed by atoms with van der Waals surface area (Å²) in [7, 11) is 0. The van der Waals surface area contributed by atoms with Crippen LogP contribution in [0.15, 0.2) is 18.2 Å². The number of morpholine rings is 1. The number of nitrogens with zero attached hydrogens (tertiary/aromatic N) is 2. The van der Waals surface area contributed by atoms with Crippen LogP contribution in [0.2, 0.25) is 0 Å². The molecule has 0 N–H and O–H groups in total. The van der Waals surface area contributed by atoms with Gasteiger partial charge in [-0.2, -0.15) is 5.26 Å². The molecule has 0 spiro atoms. The van der Waals surface area contributed by atoms with Gasteiger partial charge in [-0.15, -0.1) is 0 Å². The molecular weight excluding hydrogens is 207 g/mol. The van der Waals surface area contributed by atoms with Crippen molar-refractivity contribution in [2.75, 3.05) is 26.3 Å². The fourth-order valence-electron chi connectivity index (χ4n) is 1.80. The molecule has 0 aromatic heterocycles. The van der Waals surface area contributed by atoms with Crippen molar-refractivity contribution in [1.82, 2.24) is 4.90 Å². The molecule has 1 fully saturated rings. The van der Waals surface area contributed by atoms with Crippen LogP contribution in [-0.2, 0) is 11.3 Å². The highest BCUT2D eigenvalue weighted by Gasteiger charge is 2.13. The first-order valence-electron chi connectivity index (χ1n) is 5.28. The van der Waals surface area contributed by atoms with E-state index < -0.39 is 0 Å². The monoisotopic (exact) mass is 220 g/mol. The molecule has 0 amide bonds. The molecule has 1 aliphatic rings. The van der Waals surface area contributed by atoms with Crippen molar-refractivity contribution in [3.05, 3.63) is 35.1 Å². The van der Waals surface area contributed by atoms with E-state index in [0.29, 0.717) is 25.3 Å². The fraction of sp³-hybridized carbons (Fsp3) is 0.417. The van der Waals surface area contributed by atoms with Gasteiger partial charge in [-0.3, -0.25) is 4.90 Å². The molecule has 84 valence electrons. The first kappa shape index (κ1) is 11.1. The highest BCUT2D eigenvalue weighted by Crippen LogP contribution is 2.14. The second-order valence-electron chi connectivity index (χ2n) is 3.80. The van der Waals surface area contributed by atoms with Gasteiger partial charge in [0.2, 0.25) is 0 Å². The van der Waals surface area contributed by atoms with Crippen molar-refractivity contribution >= 4 is 0 Å². The van der Waals surface area contributed by atoms with Gasteiger partial charge in [-0.1, -0.05) is 0 Å². The third-order valence-corrected chi connectivity index (χ3v) is 2.69. The summed E-state index contributed by atoms with van der Waals surface area (Å²) in [4.78, 5) is 2.17. The summed E-state index contributed by atoms with van der Waals surface area (Å²) < 4.78 is 18.3. The molecule has 2 rings (SSSR count). The number of halogens is 1. The van der Waals surface area contributed by atoms with Gasteiger partial charge in [0.1, 0.15) is 5.82 Å². The third kappa shape index (κ3) is 2.57. The summed E-state index contributed by atoms with van der Waals surface area (Å²) in [5.41, 5.74) is 1.30. The molecular formula is C12H13FN2O. The van der Waals surface area contributed by atoms with Gasteiger partial charge in [0.05, 0.1) is 24.8 Å². The smallest absolute Gasteiger partial charge is 0.123 e. The minimum Gasteiger partial charge on any atom is -0.379 e. The zero-order valence-corrected chi connectivity index (χ0v) is 8.95. The molecule has 3 nitrogen and oxygen atoms in total. The van der Waals surface area contributed by atoms with E-state index in [9.17, 15) is 4.39 Å². The van der Waals surface area contributed by atoms with Crippen molar-refractivity contribution in [3.63, 3.8) is 0 Å². The maximum Gasteiger partial charge on any atom is 0.123 e. The van der Waals surface area contributed by atoms with Gasteiger partial charge >= 0.3 is 0 Å². The number of hydrogen-bond acceptors (Lipinski definition) is 3. The molecule has 4 heteroatoms. The van der Waals surface area contributed by atoms with E-state index in [1.54, 1.807) is 0 Å². The Labute approximate surface area is 94.0 Å². The molecule has 16 heavy (non-hydrogen) atoms. The molecule has 1 aromatic rings. The molecule has 0 saturated carbocycles. The molecule has 1 aliphatic heterocycles. The lowest BCUT2D eigenvalue weighted by Crippen LogP contribution is -2.35. The zero-order valence-electron chi connectivity index (χ0n) is 8.95. The number of ether oxygens (including phenoxy) is 1. The number of benzene rings is 1. The average molecular weight is 220 g/mol. The molecule has 0 aliphatic carbocycles. The maximum atomic E-state index is 13.1. The topological polar surface area (TPSA) is 36.3 Å². The Hall–Kier alpha value is -1.44. The van der Waals surface area contributed by atoms with E-state index in [0.717, 1.165) is 18.7 Å². The third-order valence-electron chi connectivity index (χ3n) is 2.69. The Kier molecular flexibility index (Phi) is 3.50. The summed E-state index contributed by atoms with van der Waals surface area (Å²) >= 11 is 0. The summed E-state index contributed by atoms with van der Waals surface area (Å²) in [6.07, 6.45) is 0. The lowest BCUT2D eigenvalue weighted by molar-refractivity contribution is 0.0341. The lowest BCUT2D eigenvalue weighted by atomic mass is 10.1. The van der Waals surface area contributed by atoms with Gasteiger partial charge in [0.15, 0.2) is 0 Å². The minimum absolute atomic E-state index is 0.290. The molecule has 0 bridgehead atoms. The predicted octanol–water partition coefficient (Wildman–Crippen LogP) is 1.53. The maximum absolute atomic E-state index is 13.1. The SMILES string of the molecule is N#Cc1ccc(F)cc1CN1CCOCC1. The van der Waals surface area contributed by atoms with Crippen LogP contribution in [0.25, 0.3) is 0 Å². The van der Waals surface area contributed by atoms with Gasteiger partial charge in [-0.05, 0) is 23.8 Å². The number of hydrogen-bond donors (Lipinski definition) is 0. The summed E-state index contributed by atoms with van der Waals surface area (Å²) in [5.74, 6) is -0.290. The molecule has 0 radical (unpaired) electrons. The van der Waals surface area contributed by atoms with Gasteiger partial charge in [0, 0.05) is 19.6 Å². The summed E-state index contributed by atoms with van der Waals surface area (Å²) in [6.45, 7) is 3.70. The first-order valence-corrected chi connectivity index (χ1v) is 5.28. The summed E-state index contributed by atoms with van der Waals surface area (Å²) in [5, 5.41) is 8.92. The van der Waals surface area contributed by atoms with E-state index >= 15 is 0 Å². The molecule has 1 heterocycles. The normalized spacial score (nSPS) is 17.0. The molecule has 1 aromatic carbocycles. The Bertz CT molecular complexity index is 408. The Morgan fingerprint density at radius 3 is 2.81 bits per heavy atom. The molecule has 1 saturated heterocycles. The Morgan fingerprint density at radius 1 is 1.38 bits per heavy atom. The van der Waals surface area contributed by atoms with Crippen LogP contribution in [-0.4, -0.2) is 31.2 Å². The van der Waals surface area contributed by atoms with Crippen molar-refractivity contribution in [1.29, 1.82) is 5.26 Å². The van der Waals surface area contributed by atoms with Crippen LogP contribution in [0.5, 0.6) is 0 Å². The van der Waals surface area contributed by atoms with E-state index in [2.05, 4.69) is 11.0 Å². The average Bonchev–Trinajstić information content (AvgIpc) is 2.31. The Morgan fingerprint density at radius 2 is 2.12 bits per heavy atom. The number of nitriles is 1. The van der Waals surface area contributed by atoms with E-state index in [1.807, 2.05) is 0 Å². The largest absolute Gasteiger partial charge is 0.379 e. The number of rotatable bonds is 2. The van der Waals surface area contributed by atoms with Gasteiger partial charge < -0.3 is 4.74 Å². The standard InChI is InChI=1S/C12H13FN2O/c13-12-2-1-10(8-14)11(7-12)9-15-3-5-16-6-4-15/h1-2,7H,3-6,9H2. The predicted molar refractivity (Wildman–Crippen MR) is 57.2 cm³/mol. The highest BCUT2D eigenvalue weighted by atomic mass is 19.1. The molecule has 0 atom stereocenters. The second-order valence-corrected chi connectivity index (χ2v) is 3.80. The van der Waals surface area contributed by atoms with Crippen molar-refractivity contribution in [2.45, 2.75) is 6.54 Å². The fourth-order valence-corrected chi connectivity index (χ4v) is 1.80. The van der Waals surface area contributed by atoms with E-state index in [4.69, 9.17) is 10.00 Å². The van der Waals surface area contributed by atoms with Crippen LogP contribution < -0.4 is 0 Å². The van der Waals surface area contributed by atoms with Crippen LogP contribution in [0.1, 0.15) is 11.1 Å². The summed E-state index contributed by atoms with van der Waals surface area (Å²) in [6, 6.07) is 6.38. The van der Waals surface area contributed by atoms with E-state index in [-0.39, 0.29) is 5.82 Å². The highest BCUT2D eigenvalue weighted by molar-refractivity contribution is 5.37. The first-order chi connectivity index (χ1) is 7.79. The van der Waals surface area contributed by atoms with Crippen LogP contribution in [0.4, 0.5) is 4.39 Å². The minimum atomic E-state index is -0.290. The lowest BCUT2D eigenvalue weighted by Gasteiger charge is -2.26. The van der Waals surface area contributed by atoms with Crippen molar-refractivity contribution < 1.29 is 9.13 Å². The van der Waals surface area contributed by atoms with Crippen LogP contribution in [0.3, 0.4) is 0 Å². The van der Waals surface area contributed by atoms with Crippen molar-refractivity contribution in [3.8, 4) is 6.07 Å². The second kappa shape index (κ2) is 5.06. The van der Waals surface area contributed by atoms with Crippen LogP contribution >= 0.6 is 0 Å². The quantitative estimate of drug-likeness (QED) is 0.758. The Balaban J connectivity index is 2.13. The van der Waals surface area contributed by atoms with Crippen LogP contribution in [0, 0.1) is 17.1 Å². The van der Waals surface area contributed by atoms with E-state index in [1.165, 1.54) is 18.2 Å². The molecule has 0 unspecified atom stereocenters.